The summed E-state index contributed by atoms with van der Waals surface area (Å²) in [4.78, 5) is 36.6. The van der Waals surface area contributed by atoms with E-state index in [2.05, 4.69) is 68.9 Å². The van der Waals surface area contributed by atoms with Crippen LogP contribution in [-0.2, 0) is 11.2 Å². The Labute approximate surface area is 261 Å². The molecule has 0 fully saturated rings. The highest BCUT2D eigenvalue weighted by molar-refractivity contribution is 9.10. The number of nitrogens with one attached hydrogen (secondary N) is 3. The number of rotatable bonds is 8. The van der Waals surface area contributed by atoms with Gasteiger partial charge in [0.05, 0.1) is 11.3 Å². The third-order valence-corrected chi connectivity index (χ3v) is 6.57. The number of hydrogen-bond acceptors (Lipinski definition) is 4. The number of primary amides is 1. The monoisotopic (exact) mass is 645 g/mol. The fourth-order valence-corrected chi connectivity index (χ4v) is 4.47. The predicted molar refractivity (Wildman–Crippen MR) is 181 cm³/mol. The first-order valence-electron chi connectivity index (χ1n) is 14.2. The third kappa shape index (κ3) is 10.7. The van der Waals surface area contributed by atoms with Crippen LogP contribution in [0.3, 0.4) is 0 Å². The van der Waals surface area contributed by atoms with Gasteiger partial charge in [0.2, 0.25) is 6.41 Å². The Kier molecular flexibility index (Phi) is 15.2. The maximum absolute atomic E-state index is 12.4. The van der Waals surface area contributed by atoms with E-state index in [1.165, 1.54) is 29.3 Å². The lowest BCUT2D eigenvalue weighted by molar-refractivity contribution is -0.109. The fraction of sp³-hybridized carbons (Fsp3) is 0.206. The molecule has 0 aliphatic rings. The van der Waals surface area contributed by atoms with Crippen molar-refractivity contribution in [2.24, 2.45) is 11.5 Å². The molecule has 3 amide bonds. The molecular weight excluding hydrogens is 606 g/mol. The maximum atomic E-state index is 12.4. The van der Waals surface area contributed by atoms with E-state index in [0.29, 0.717) is 30.8 Å². The molecule has 0 radical (unpaired) electrons. The Morgan fingerprint density at radius 2 is 1.63 bits per heavy atom. The molecule has 4 aromatic carbocycles. The molecule has 0 saturated heterocycles. The standard InChI is InChI=1S/C18H13BrN2O2.C11H13N.C3H8N2O.C2H6/c19-14-7-8-16(15(10-14)17(20)22)21-18(23)13-6-5-11-3-1-2-4-12(11)9-13;1-2-5-9-8-12-11-7-4-3-6-10(9)11;4-1-2-5-3-6;1-2/h1-10H,(H2,20,22)(H,21,23);3-4,6-8,12H,2,5H2,1H3;3H,1-2,4H2,(H,5,6);1-2H3. The molecule has 5 rings (SSSR count). The average Bonchev–Trinajstić information content (AvgIpc) is 3.45. The van der Waals surface area contributed by atoms with Gasteiger partial charge >= 0.3 is 0 Å². The van der Waals surface area contributed by atoms with E-state index in [9.17, 15) is 14.4 Å². The highest BCUT2D eigenvalue weighted by Gasteiger charge is 2.13. The summed E-state index contributed by atoms with van der Waals surface area (Å²) in [7, 11) is 0. The number of fused-ring (bicyclic) bond motifs is 2. The lowest BCUT2D eigenvalue weighted by Crippen LogP contribution is -2.20. The fourth-order valence-electron chi connectivity index (χ4n) is 4.10. The number of H-pyrrole nitrogens is 1. The zero-order valence-corrected chi connectivity index (χ0v) is 26.4. The number of aromatic nitrogens is 1. The number of anilines is 1. The van der Waals surface area contributed by atoms with E-state index in [4.69, 9.17) is 11.5 Å². The minimum absolute atomic E-state index is 0.258. The third-order valence-electron chi connectivity index (χ3n) is 6.07. The van der Waals surface area contributed by atoms with Crippen molar-refractivity contribution < 1.29 is 14.4 Å². The van der Waals surface area contributed by atoms with Gasteiger partial charge in [-0.1, -0.05) is 91.7 Å². The van der Waals surface area contributed by atoms with Gasteiger partial charge in [-0.05, 0) is 59.2 Å². The predicted octanol–water partition coefficient (Wildman–Crippen LogP) is 6.79. The summed E-state index contributed by atoms with van der Waals surface area (Å²) in [6.07, 6.45) is 5.13. The number of halogens is 1. The van der Waals surface area contributed by atoms with E-state index < -0.39 is 5.91 Å². The van der Waals surface area contributed by atoms with E-state index in [0.717, 1.165) is 15.2 Å². The highest BCUT2D eigenvalue weighted by atomic mass is 79.9. The maximum Gasteiger partial charge on any atom is 0.255 e. The van der Waals surface area contributed by atoms with Gasteiger partial charge < -0.3 is 27.1 Å². The molecule has 0 unspecified atom stereocenters. The van der Waals surface area contributed by atoms with Crippen LogP contribution < -0.4 is 22.1 Å². The summed E-state index contributed by atoms with van der Waals surface area (Å²) in [5.41, 5.74) is 14.2. The van der Waals surface area contributed by atoms with Crippen LogP contribution in [0.5, 0.6) is 0 Å². The topological polar surface area (TPSA) is 143 Å². The Morgan fingerprint density at radius 1 is 0.930 bits per heavy atom. The summed E-state index contributed by atoms with van der Waals surface area (Å²) in [5, 5.41) is 8.54. The van der Waals surface area contributed by atoms with E-state index in [1.807, 2.05) is 50.2 Å². The molecule has 9 heteroatoms. The van der Waals surface area contributed by atoms with Crippen molar-refractivity contribution in [2.75, 3.05) is 18.4 Å². The quantitative estimate of drug-likeness (QED) is 0.0934. The molecule has 0 spiro atoms. The highest BCUT2D eigenvalue weighted by Crippen LogP contribution is 2.23. The molecule has 5 aromatic rings. The van der Waals surface area contributed by atoms with Crippen molar-refractivity contribution in [1.82, 2.24) is 10.3 Å². The Hall–Kier alpha value is -4.47. The van der Waals surface area contributed by atoms with Crippen LogP contribution >= 0.6 is 15.9 Å². The molecule has 226 valence electrons. The molecular formula is C34H40BrN5O3. The first-order chi connectivity index (χ1) is 20.9. The zero-order valence-electron chi connectivity index (χ0n) is 24.8. The molecule has 1 aromatic heterocycles. The van der Waals surface area contributed by atoms with Crippen molar-refractivity contribution in [3.8, 4) is 0 Å². The SMILES string of the molecule is CC.CCCc1c[nH]c2ccccc12.NC(=O)c1cc(Br)ccc1NC(=O)c1ccc2ccccc2c1.NCCNC=O. The molecule has 8 nitrogen and oxygen atoms in total. The molecule has 0 aliphatic heterocycles. The summed E-state index contributed by atoms with van der Waals surface area (Å²) < 4.78 is 0.718. The molecule has 7 N–H and O–H groups in total. The molecule has 0 saturated carbocycles. The number of nitrogens with two attached hydrogens (primary N) is 2. The van der Waals surface area contributed by atoms with Gasteiger partial charge in [0, 0.05) is 40.2 Å². The van der Waals surface area contributed by atoms with Crippen LogP contribution in [-0.4, -0.2) is 36.3 Å². The number of carbonyl (C=O) groups excluding carboxylic acids is 3. The second kappa shape index (κ2) is 18.9. The van der Waals surface area contributed by atoms with Crippen LogP contribution in [0.15, 0.2) is 95.6 Å². The summed E-state index contributed by atoms with van der Waals surface area (Å²) in [6.45, 7) is 7.30. The van der Waals surface area contributed by atoms with Crippen LogP contribution in [0.1, 0.15) is 53.5 Å². The number of amides is 3. The summed E-state index contributed by atoms with van der Waals surface area (Å²) >= 11 is 3.28. The van der Waals surface area contributed by atoms with Gasteiger partial charge in [0.15, 0.2) is 0 Å². The molecule has 0 bridgehead atoms. The molecule has 0 aliphatic carbocycles. The smallest absolute Gasteiger partial charge is 0.255 e. The van der Waals surface area contributed by atoms with Crippen LogP contribution in [0, 0.1) is 0 Å². The lowest BCUT2D eigenvalue weighted by Gasteiger charge is -2.10. The zero-order chi connectivity index (χ0) is 31.6. The summed E-state index contributed by atoms with van der Waals surface area (Å²) in [5.74, 6) is -0.888. The molecule has 1 heterocycles. The number of benzene rings is 4. The normalized spacial score (nSPS) is 9.79. The Morgan fingerprint density at radius 3 is 2.28 bits per heavy atom. The second-order valence-corrected chi connectivity index (χ2v) is 9.96. The molecule has 0 atom stereocenters. The second-order valence-electron chi connectivity index (χ2n) is 9.04. The van der Waals surface area contributed by atoms with Crippen molar-refractivity contribution in [3.63, 3.8) is 0 Å². The van der Waals surface area contributed by atoms with Crippen molar-refractivity contribution in [1.29, 1.82) is 0 Å². The van der Waals surface area contributed by atoms with Gasteiger partial charge in [0.25, 0.3) is 11.8 Å². The summed E-state index contributed by atoms with van der Waals surface area (Å²) in [6, 6.07) is 26.7. The van der Waals surface area contributed by atoms with Gasteiger partial charge in [-0.3, -0.25) is 14.4 Å². The van der Waals surface area contributed by atoms with Gasteiger partial charge in [0.1, 0.15) is 0 Å². The number of carbonyl (C=O) groups is 3. The van der Waals surface area contributed by atoms with E-state index in [1.54, 1.807) is 24.3 Å². The minimum atomic E-state index is -0.597. The minimum Gasteiger partial charge on any atom is -0.366 e. The Balaban J connectivity index is 0.000000268. The van der Waals surface area contributed by atoms with Crippen molar-refractivity contribution in [3.05, 3.63) is 112 Å². The van der Waals surface area contributed by atoms with Gasteiger partial charge in [-0.15, -0.1) is 0 Å². The van der Waals surface area contributed by atoms with E-state index >= 15 is 0 Å². The average molecular weight is 647 g/mol. The first kappa shape index (κ1) is 34.7. The largest absolute Gasteiger partial charge is 0.366 e. The van der Waals surface area contributed by atoms with Crippen LogP contribution in [0.2, 0.25) is 0 Å². The van der Waals surface area contributed by atoms with Crippen LogP contribution in [0.25, 0.3) is 21.7 Å². The van der Waals surface area contributed by atoms with Crippen LogP contribution in [0.4, 0.5) is 5.69 Å². The van der Waals surface area contributed by atoms with Crippen molar-refractivity contribution >= 4 is 61.5 Å². The van der Waals surface area contributed by atoms with E-state index in [-0.39, 0.29) is 11.5 Å². The Bertz CT molecular complexity index is 1620. The van der Waals surface area contributed by atoms with Gasteiger partial charge in [-0.25, -0.2) is 0 Å². The number of hydrogen-bond donors (Lipinski definition) is 5. The number of aromatic amines is 1. The number of aryl methyl sites for hydroxylation is 1. The first-order valence-corrected chi connectivity index (χ1v) is 15.0. The molecule has 43 heavy (non-hydrogen) atoms. The van der Waals surface area contributed by atoms with Crippen molar-refractivity contribution in [2.45, 2.75) is 33.6 Å². The van der Waals surface area contributed by atoms with Gasteiger partial charge in [-0.2, -0.15) is 0 Å². The number of para-hydroxylation sites is 1. The lowest BCUT2D eigenvalue weighted by atomic mass is 10.1.